The summed E-state index contributed by atoms with van der Waals surface area (Å²) < 4.78 is 10.1. The second-order valence-electron chi connectivity index (χ2n) is 4.72. The number of rotatable bonds is 4. The van der Waals surface area contributed by atoms with Gasteiger partial charge < -0.3 is 19.5 Å². The minimum atomic E-state index is -0.157. The van der Waals surface area contributed by atoms with Crippen molar-refractivity contribution in [3.8, 4) is 11.5 Å². The lowest BCUT2D eigenvalue weighted by Crippen LogP contribution is -2.29. The number of benzene rings is 1. The third kappa shape index (κ3) is 2.81. The van der Waals surface area contributed by atoms with Crippen LogP contribution >= 0.6 is 0 Å². The van der Waals surface area contributed by atoms with E-state index in [1.807, 2.05) is 0 Å². The number of phenols is 1. The van der Waals surface area contributed by atoms with Crippen LogP contribution < -0.4 is 4.74 Å². The third-order valence-corrected chi connectivity index (χ3v) is 3.42. The van der Waals surface area contributed by atoms with Gasteiger partial charge >= 0.3 is 0 Å². The van der Waals surface area contributed by atoms with Gasteiger partial charge in [0.2, 0.25) is 0 Å². The molecule has 1 fully saturated rings. The van der Waals surface area contributed by atoms with Crippen LogP contribution in [0.15, 0.2) is 18.2 Å². The number of methoxy groups -OCH3 is 2. The van der Waals surface area contributed by atoms with Gasteiger partial charge in [-0.2, -0.15) is 0 Å². The van der Waals surface area contributed by atoms with Crippen LogP contribution in [0.25, 0.3) is 0 Å². The van der Waals surface area contributed by atoms with Gasteiger partial charge in [0, 0.05) is 26.1 Å². The maximum Gasteiger partial charge on any atom is 0.257 e. The summed E-state index contributed by atoms with van der Waals surface area (Å²) in [5.41, 5.74) is 0.289. The SMILES string of the molecule is COC[C@H]1CCN(C(=O)c2cccc(OC)c2O)C1. The molecule has 1 aromatic rings. The molecule has 1 N–H and O–H groups in total. The molecule has 1 heterocycles. The Kier molecular flexibility index (Phi) is 4.27. The van der Waals surface area contributed by atoms with E-state index in [1.54, 1.807) is 30.2 Å². The molecule has 0 unspecified atom stereocenters. The summed E-state index contributed by atoms with van der Waals surface area (Å²) in [4.78, 5) is 14.1. The molecule has 5 heteroatoms. The van der Waals surface area contributed by atoms with Crippen LogP contribution in [0.5, 0.6) is 11.5 Å². The number of nitrogens with zero attached hydrogens (tertiary/aromatic N) is 1. The normalized spacial score (nSPS) is 18.6. The standard InChI is InChI=1S/C14H19NO4/c1-18-9-10-6-7-15(8-10)14(17)11-4-3-5-12(19-2)13(11)16/h3-5,10,16H,6-9H2,1-2H3/t10-/m0/s1. The van der Waals surface area contributed by atoms with Crippen LogP contribution in [-0.2, 0) is 4.74 Å². The minimum Gasteiger partial charge on any atom is -0.504 e. The van der Waals surface area contributed by atoms with Crippen molar-refractivity contribution in [3.63, 3.8) is 0 Å². The Hall–Kier alpha value is -1.75. The largest absolute Gasteiger partial charge is 0.504 e. The van der Waals surface area contributed by atoms with Crippen molar-refractivity contribution in [2.45, 2.75) is 6.42 Å². The van der Waals surface area contributed by atoms with E-state index in [2.05, 4.69) is 0 Å². The first-order valence-corrected chi connectivity index (χ1v) is 6.31. The molecule has 19 heavy (non-hydrogen) atoms. The number of para-hydroxylation sites is 1. The third-order valence-electron chi connectivity index (χ3n) is 3.42. The van der Waals surface area contributed by atoms with E-state index in [1.165, 1.54) is 7.11 Å². The molecular weight excluding hydrogens is 246 g/mol. The molecule has 2 rings (SSSR count). The zero-order chi connectivity index (χ0) is 13.8. The number of hydrogen-bond donors (Lipinski definition) is 1. The van der Waals surface area contributed by atoms with Crippen molar-refractivity contribution in [2.24, 2.45) is 5.92 Å². The summed E-state index contributed by atoms with van der Waals surface area (Å²) in [7, 11) is 3.13. The highest BCUT2D eigenvalue weighted by atomic mass is 16.5. The Morgan fingerprint density at radius 3 is 2.95 bits per heavy atom. The summed E-state index contributed by atoms with van der Waals surface area (Å²) in [6.07, 6.45) is 0.935. The summed E-state index contributed by atoms with van der Waals surface area (Å²) in [5.74, 6) is 0.445. The molecular formula is C14H19NO4. The molecule has 0 aromatic heterocycles. The molecule has 5 nitrogen and oxygen atoms in total. The van der Waals surface area contributed by atoms with Crippen molar-refractivity contribution in [2.75, 3.05) is 33.9 Å². The number of ether oxygens (including phenoxy) is 2. The van der Waals surface area contributed by atoms with Gasteiger partial charge in [-0.3, -0.25) is 4.79 Å². The van der Waals surface area contributed by atoms with Gasteiger partial charge in [-0.25, -0.2) is 0 Å². The fraction of sp³-hybridized carbons (Fsp3) is 0.500. The van der Waals surface area contributed by atoms with E-state index < -0.39 is 0 Å². The Morgan fingerprint density at radius 2 is 2.26 bits per heavy atom. The Labute approximate surface area is 112 Å². The van der Waals surface area contributed by atoms with Crippen LogP contribution in [0.3, 0.4) is 0 Å². The Balaban J connectivity index is 2.12. The van der Waals surface area contributed by atoms with Crippen LogP contribution in [0.1, 0.15) is 16.8 Å². The lowest BCUT2D eigenvalue weighted by molar-refractivity contribution is 0.0772. The van der Waals surface area contributed by atoms with Crippen LogP contribution in [-0.4, -0.2) is 49.8 Å². The molecule has 1 atom stereocenters. The quantitative estimate of drug-likeness (QED) is 0.896. The Morgan fingerprint density at radius 1 is 1.47 bits per heavy atom. The molecule has 1 aliphatic heterocycles. The number of hydrogen-bond acceptors (Lipinski definition) is 4. The van der Waals surface area contributed by atoms with Crippen LogP contribution in [0, 0.1) is 5.92 Å². The first kappa shape index (κ1) is 13.7. The fourth-order valence-electron chi connectivity index (χ4n) is 2.42. The number of aromatic hydroxyl groups is 1. The highest BCUT2D eigenvalue weighted by Crippen LogP contribution is 2.31. The molecule has 0 aliphatic carbocycles. The molecule has 1 amide bonds. The average Bonchev–Trinajstić information content (AvgIpc) is 2.87. The van der Waals surface area contributed by atoms with Crippen molar-refractivity contribution in [1.82, 2.24) is 4.90 Å². The van der Waals surface area contributed by atoms with Gasteiger partial charge in [-0.05, 0) is 18.6 Å². The van der Waals surface area contributed by atoms with E-state index in [0.717, 1.165) is 6.42 Å². The minimum absolute atomic E-state index is 0.0924. The summed E-state index contributed by atoms with van der Waals surface area (Å²) in [5, 5.41) is 9.99. The van der Waals surface area contributed by atoms with Crippen LogP contribution in [0.2, 0.25) is 0 Å². The highest BCUT2D eigenvalue weighted by Gasteiger charge is 2.28. The van der Waals surface area contributed by atoms with Crippen molar-refractivity contribution < 1.29 is 19.4 Å². The van der Waals surface area contributed by atoms with E-state index >= 15 is 0 Å². The molecule has 0 radical (unpaired) electrons. The van der Waals surface area contributed by atoms with E-state index in [0.29, 0.717) is 31.4 Å². The topological polar surface area (TPSA) is 59.0 Å². The lowest BCUT2D eigenvalue weighted by atomic mass is 10.1. The van der Waals surface area contributed by atoms with E-state index in [-0.39, 0.29) is 17.2 Å². The van der Waals surface area contributed by atoms with Gasteiger partial charge in [-0.15, -0.1) is 0 Å². The smallest absolute Gasteiger partial charge is 0.257 e. The number of carbonyl (C=O) groups is 1. The first-order valence-electron chi connectivity index (χ1n) is 6.31. The zero-order valence-corrected chi connectivity index (χ0v) is 11.3. The maximum absolute atomic E-state index is 12.4. The molecule has 1 aliphatic rings. The van der Waals surface area contributed by atoms with E-state index in [4.69, 9.17) is 9.47 Å². The van der Waals surface area contributed by atoms with Crippen molar-refractivity contribution >= 4 is 5.91 Å². The monoisotopic (exact) mass is 265 g/mol. The number of amides is 1. The number of phenolic OH excluding ortho intramolecular Hbond substituents is 1. The predicted octanol–water partition coefficient (Wildman–Crippen LogP) is 1.51. The average molecular weight is 265 g/mol. The molecule has 1 saturated heterocycles. The number of carbonyl (C=O) groups excluding carboxylic acids is 1. The molecule has 0 saturated carbocycles. The van der Waals surface area contributed by atoms with Gasteiger partial charge in [0.05, 0.1) is 19.3 Å². The van der Waals surface area contributed by atoms with E-state index in [9.17, 15) is 9.90 Å². The van der Waals surface area contributed by atoms with Gasteiger partial charge in [0.1, 0.15) is 0 Å². The summed E-state index contributed by atoms with van der Waals surface area (Å²) in [6, 6.07) is 4.95. The molecule has 0 bridgehead atoms. The predicted molar refractivity (Wildman–Crippen MR) is 70.5 cm³/mol. The Bertz CT molecular complexity index is 461. The maximum atomic E-state index is 12.4. The second-order valence-corrected chi connectivity index (χ2v) is 4.72. The second kappa shape index (κ2) is 5.93. The molecule has 1 aromatic carbocycles. The van der Waals surface area contributed by atoms with Crippen molar-refractivity contribution in [1.29, 1.82) is 0 Å². The summed E-state index contributed by atoms with van der Waals surface area (Å²) in [6.45, 7) is 2.03. The lowest BCUT2D eigenvalue weighted by Gasteiger charge is -2.17. The van der Waals surface area contributed by atoms with Gasteiger partial charge in [0.15, 0.2) is 11.5 Å². The van der Waals surface area contributed by atoms with Crippen molar-refractivity contribution in [3.05, 3.63) is 23.8 Å². The highest BCUT2D eigenvalue weighted by molar-refractivity contribution is 5.97. The fourth-order valence-corrected chi connectivity index (χ4v) is 2.42. The van der Waals surface area contributed by atoms with Gasteiger partial charge in [-0.1, -0.05) is 6.07 Å². The van der Waals surface area contributed by atoms with Gasteiger partial charge in [0.25, 0.3) is 5.91 Å². The van der Waals surface area contributed by atoms with Crippen LogP contribution in [0.4, 0.5) is 0 Å². The molecule has 104 valence electrons. The zero-order valence-electron chi connectivity index (χ0n) is 11.3. The number of likely N-dealkylation sites (tertiary alicyclic amines) is 1. The molecule has 0 spiro atoms. The summed E-state index contributed by atoms with van der Waals surface area (Å²) >= 11 is 0. The first-order chi connectivity index (χ1) is 9.17.